The molecule has 0 aromatic heterocycles. The molecule has 2 N–H and O–H groups in total. The summed E-state index contributed by atoms with van der Waals surface area (Å²) >= 11 is 0. The van der Waals surface area contributed by atoms with Gasteiger partial charge in [0.2, 0.25) is 5.91 Å². The van der Waals surface area contributed by atoms with Crippen molar-refractivity contribution >= 4 is 11.9 Å². The maximum absolute atomic E-state index is 13.0. The van der Waals surface area contributed by atoms with Gasteiger partial charge in [-0.1, -0.05) is 60.7 Å². The number of piperidine rings is 1. The molecule has 0 bridgehead atoms. The quantitative estimate of drug-likeness (QED) is 0.719. The summed E-state index contributed by atoms with van der Waals surface area (Å²) in [4.78, 5) is 29.3. The zero-order valence-electron chi connectivity index (χ0n) is 17.8. The van der Waals surface area contributed by atoms with E-state index in [0.29, 0.717) is 19.6 Å². The Bertz CT molecular complexity index is 866. The van der Waals surface area contributed by atoms with Crippen LogP contribution in [0.2, 0.25) is 0 Å². The van der Waals surface area contributed by atoms with E-state index >= 15 is 0 Å². The highest BCUT2D eigenvalue weighted by molar-refractivity contribution is 5.85. The lowest BCUT2D eigenvalue weighted by Gasteiger charge is -2.33. The van der Waals surface area contributed by atoms with Gasteiger partial charge in [-0.2, -0.15) is 0 Å². The Kier molecular flexibility index (Phi) is 6.99. The number of carboxylic acid groups (broad SMARTS) is 1. The van der Waals surface area contributed by atoms with E-state index in [4.69, 9.17) is 0 Å². The summed E-state index contributed by atoms with van der Waals surface area (Å²) in [6.07, 6.45) is 1.80. The number of aliphatic carboxylic acids is 1. The van der Waals surface area contributed by atoms with Gasteiger partial charge in [0.25, 0.3) is 0 Å². The van der Waals surface area contributed by atoms with E-state index in [0.717, 1.165) is 38.0 Å². The molecule has 2 aromatic rings. The number of likely N-dealkylation sites (tertiary alicyclic amines) is 2. The molecule has 164 valence electrons. The smallest absolute Gasteiger partial charge is 0.308 e. The van der Waals surface area contributed by atoms with Crippen molar-refractivity contribution in [3.8, 4) is 0 Å². The van der Waals surface area contributed by atoms with Crippen molar-refractivity contribution in [1.29, 1.82) is 0 Å². The molecule has 1 amide bonds. The molecule has 2 aliphatic rings. The van der Waals surface area contributed by atoms with E-state index in [9.17, 15) is 14.7 Å². The minimum atomic E-state index is -0.881. The number of rotatable bonds is 7. The third-order valence-electron chi connectivity index (χ3n) is 6.48. The lowest BCUT2D eigenvalue weighted by atomic mass is 9.94. The highest BCUT2D eigenvalue weighted by Crippen LogP contribution is 2.26. The normalized spacial score (nSPS) is 23.0. The fourth-order valence-corrected chi connectivity index (χ4v) is 4.76. The topological polar surface area (TPSA) is 72.9 Å². The van der Waals surface area contributed by atoms with Crippen LogP contribution >= 0.6 is 0 Å². The summed E-state index contributed by atoms with van der Waals surface area (Å²) in [6.45, 7) is 4.38. The number of carbonyl (C=O) groups is 2. The Morgan fingerprint density at radius 1 is 0.806 bits per heavy atom. The first-order chi connectivity index (χ1) is 15.1. The minimum Gasteiger partial charge on any atom is -0.481 e. The third-order valence-corrected chi connectivity index (χ3v) is 6.48. The minimum absolute atomic E-state index is 0.107. The molecule has 6 nitrogen and oxygen atoms in total. The second kappa shape index (κ2) is 10.1. The van der Waals surface area contributed by atoms with Crippen molar-refractivity contribution in [2.75, 3.05) is 26.2 Å². The van der Waals surface area contributed by atoms with Gasteiger partial charge in [0.15, 0.2) is 0 Å². The van der Waals surface area contributed by atoms with E-state index in [1.807, 2.05) is 36.4 Å². The summed E-state index contributed by atoms with van der Waals surface area (Å²) < 4.78 is 0. The summed E-state index contributed by atoms with van der Waals surface area (Å²) in [6, 6.07) is 20.5. The van der Waals surface area contributed by atoms with Crippen LogP contribution in [0.1, 0.15) is 24.0 Å². The Labute approximate surface area is 183 Å². The number of nitrogens with one attached hydrogen (secondary N) is 1. The average Bonchev–Trinajstić information content (AvgIpc) is 3.21. The Morgan fingerprint density at radius 2 is 1.32 bits per heavy atom. The molecule has 6 heteroatoms. The van der Waals surface area contributed by atoms with Crippen molar-refractivity contribution in [2.24, 2.45) is 11.8 Å². The molecule has 2 saturated heterocycles. The van der Waals surface area contributed by atoms with Crippen LogP contribution in [-0.4, -0.2) is 59.0 Å². The van der Waals surface area contributed by atoms with Crippen molar-refractivity contribution in [3.05, 3.63) is 71.8 Å². The maximum atomic E-state index is 13.0. The first kappa shape index (κ1) is 21.5. The van der Waals surface area contributed by atoms with Crippen LogP contribution in [0, 0.1) is 11.8 Å². The van der Waals surface area contributed by atoms with E-state index in [-0.39, 0.29) is 11.9 Å². The molecule has 2 fully saturated rings. The summed E-state index contributed by atoms with van der Waals surface area (Å²) in [5.41, 5.74) is 2.44. The number of hydrogen-bond acceptors (Lipinski definition) is 4. The van der Waals surface area contributed by atoms with Crippen LogP contribution < -0.4 is 5.32 Å². The van der Waals surface area contributed by atoms with Gasteiger partial charge in [0.1, 0.15) is 0 Å². The highest BCUT2D eigenvalue weighted by atomic mass is 16.4. The molecule has 2 heterocycles. The highest BCUT2D eigenvalue weighted by Gasteiger charge is 2.42. The summed E-state index contributed by atoms with van der Waals surface area (Å²) in [5.74, 6) is -2.14. The standard InChI is InChI=1S/C25H31N3O3/c29-24(26-21-11-13-27(14-12-21)15-19-7-3-1-4-8-19)22-17-28(18-23(22)25(30)31)16-20-9-5-2-6-10-20/h1-10,21-23H,11-18H2,(H,26,29)(H,30,31). The largest absolute Gasteiger partial charge is 0.481 e. The van der Waals surface area contributed by atoms with Crippen molar-refractivity contribution in [2.45, 2.75) is 32.0 Å². The number of amides is 1. The molecule has 2 unspecified atom stereocenters. The Hall–Kier alpha value is -2.70. The lowest BCUT2D eigenvalue weighted by molar-refractivity contribution is -0.145. The van der Waals surface area contributed by atoms with Gasteiger partial charge in [-0.25, -0.2) is 0 Å². The first-order valence-corrected chi connectivity index (χ1v) is 11.1. The molecule has 0 saturated carbocycles. The van der Waals surface area contributed by atoms with Crippen LogP contribution in [0.5, 0.6) is 0 Å². The van der Waals surface area contributed by atoms with Crippen LogP contribution in [0.25, 0.3) is 0 Å². The van der Waals surface area contributed by atoms with E-state index in [1.54, 1.807) is 0 Å². The van der Waals surface area contributed by atoms with Crippen molar-refractivity contribution in [3.63, 3.8) is 0 Å². The second-order valence-electron chi connectivity index (χ2n) is 8.78. The van der Waals surface area contributed by atoms with Crippen molar-refractivity contribution < 1.29 is 14.7 Å². The molecule has 4 rings (SSSR count). The molecular formula is C25H31N3O3. The van der Waals surface area contributed by atoms with Gasteiger partial charge in [-0.15, -0.1) is 0 Å². The lowest BCUT2D eigenvalue weighted by Crippen LogP contribution is -2.47. The Morgan fingerprint density at radius 3 is 1.87 bits per heavy atom. The average molecular weight is 422 g/mol. The van der Waals surface area contributed by atoms with Gasteiger partial charge >= 0.3 is 5.97 Å². The summed E-state index contributed by atoms with van der Waals surface area (Å²) in [7, 11) is 0. The molecule has 0 radical (unpaired) electrons. The number of benzene rings is 2. The van der Waals surface area contributed by atoms with E-state index in [2.05, 4.69) is 39.4 Å². The SMILES string of the molecule is O=C(O)C1CN(Cc2ccccc2)CC1C(=O)NC1CCN(Cc2ccccc2)CC1. The molecule has 2 aromatic carbocycles. The summed E-state index contributed by atoms with van der Waals surface area (Å²) in [5, 5.41) is 12.8. The molecule has 2 atom stereocenters. The monoisotopic (exact) mass is 421 g/mol. The Balaban J connectivity index is 1.28. The molecule has 0 spiro atoms. The van der Waals surface area contributed by atoms with Crippen LogP contribution in [0.4, 0.5) is 0 Å². The molecule has 31 heavy (non-hydrogen) atoms. The number of nitrogens with zero attached hydrogens (tertiary/aromatic N) is 2. The predicted molar refractivity (Wildman–Crippen MR) is 119 cm³/mol. The fourth-order valence-electron chi connectivity index (χ4n) is 4.76. The van der Waals surface area contributed by atoms with Gasteiger partial charge in [-0.05, 0) is 24.0 Å². The van der Waals surface area contributed by atoms with Gasteiger partial charge in [-0.3, -0.25) is 19.4 Å². The molecule has 2 aliphatic heterocycles. The predicted octanol–water partition coefficient (Wildman–Crippen LogP) is 2.60. The van der Waals surface area contributed by atoms with Gasteiger partial charge in [0, 0.05) is 45.3 Å². The van der Waals surface area contributed by atoms with Crippen LogP contribution in [-0.2, 0) is 22.7 Å². The van der Waals surface area contributed by atoms with E-state index < -0.39 is 17.8 Å². The fraction of sp³-hybridized carbons (Fsp3) is 0.440. The van der Waals surface area contributed by atoms with Gasteiger partial charge < -0.3 is 10.4 Å². The zero-order valence-corrected chi connectivity index (χ0v) is 17.8. The van der Waals surface area contributed by atoms with Crippen LogP contribution in [0.3, 0.4) is 0 Å². The molecule has 0 aliphatic carbocycles. The first-order valence-electron chi connectivity index (χ1n) is 11.1. The number of hydrogen-bond donors (Lipinski definition) is 2. The van der Waals surface area contributed by atoms with Crippen LogP contribution in [0.15, 0.2) is 60.7 Å². The zero-order chi connectivity index (χ0) is 21.6. The number of carboxylic acids is 1. The van der Waals surface area contributed by atoms with Crippen molar-refractivity contribution in [1.82, 2.24) is 15.1 Å². The number of carbonyl (C=O) groups excluding carboxylic acids is 1. The maximum Gasteiger partial charge on any atom is 0.308 e. The third kappa shape index (κ3) is 5.71. The van der Waals surface area contributed by atoms with Gasteiger partial charge in [0.05, 0.1) is 11.8 Å². The second-order valence-corrected chi connectivity index (χ2v) is 8.78. The molecular weight excluding hydrogens is 390 g/mol. The van der Waals surface area contributed by atoms with E-state index in [1.165, 1.54) is 5.56 Å².